The van der Waals surface area contributed by atoms with Gasteiger partial charge in [0.2, 0.25) is 0 Å². The highest BCUT2D eigenvalue weighted by atomic mass is 19.1. The first-order chi connectivity index (χ1) is 21.0. The number of halogens is 1. The number of allylic oxidation sites excluding steroid dienone is 3. The number of para-hydroxylation sites is 1. The molecule has 2 aromatic carbocycles. The zero-order chi connectivity index (χ0) is 29.8. The van der Waals surface area contributed by atoms with Gasteiger partial charge in [-0.05, 0) is 55.5 Å². The largest absolute Gasteiger partial charge is 0.495 e. The number of benzene rings is 2. The number of methoxy groups -OCH3 is 1. The van der Waals surface area contributed by atoms with Gasteiger partial charge < -0.3 is 19.4 Å². The Labute approximate surface area is 253 Å². The maximum Gasteiger partial charge on any atom is 0.253 e. The molecule has 0 spiro atoms. The Morgan fingerprint density at radius 2 is 1.77 bits per heavy atom. The fourth-order valence-electron chi connectivity index (χ4n) is 7.04. The van der Waals surface area contributed by atoms with E-state index in [0.717, 1.165) is 55.8 Å². The van der Waals surface area contributed by atoms with Crippen molar-refractivity contribution in [1.29, 1.82) is 0 Å². The van der Waals surface area contributed by atoms with Crippen molar-refractivity contribution in [2.45, 2.75) is 44.8 Å². The van der Waals surface area contributed by atoms with Gasteiger partial charge in [0.05, 0.1) is 18.2 Å². The number of hydrogen-bond acceptors (Lipinski definition) is 5. The molecule has 1 amide bonds. The van der Waals surface area contributed by atoms with Crippen molar-refractivity contribution >= 4 is 16.8 Å². The number of piperazine rings is 1. The van der Waals surface area contributed by atoms with E-state index < -0.39 is 0 Å². The first-order valence-corrected chi connectivity index (χ1v) is 15.7. The van der Waals surface area contributed by atoms with E-state index in [4.69, 9.17) is 9.47 Å². The van der Waals surface area contributed by atoms with Crippen LogP contribution in [0.1, 0.15) is 36.5 Å². The maximum absolute atomic E-state index is 13.4. The molecular formula is C35H43FN4O3. The Morgan fingerprint density at radius 1 is 1.00 bits per heavy atom. The molecule has 2 saturated heterocycles. The van der Waals surface area contributed by atoms with Crippen molar-refractivity contribution in [2.75, 3.05) is 46.4 Å². The smallest absolute Gasteiger partial charge is 0.253 e. The number of carbonyl (C=O) groups is 1. The highest BCUT2D eigenvalue weighted by Gasteiger charge is 2.39. The third-order valence-electron chi connectivity index (χ3n) is 9.40. The van der Waals surface area contributed by atoms with Crippen LogP contribution in [0.3, 0.4) is 0 Å². The lowest BCUT2D eigenvalue weighted by molar-refractivity contribution is 0.0574. The van der Waals surface area contributed by atoms with Crippen LogP contribution >= 0.6 is 0 Å². The van der Waals surface area contributed by atoms with Crippen LogP contribution in [0.4, 0.5) is 4.39 Å². The summed E-state index contributed by atoms with van der Waals surface area (Å²) in [4.78, 5) is 18.6. The van der Waals surface area contributed by atoms with E-state index in [2.05, 4.69) is 50.9 Å². The van der Waals surface area contributed by atoms with Crippen LogP contribution in [-0.4, -0.2) is 78.8 Å². The number of amides is 1. The average molecular weight is 587 g/mol. The minimum Gasteiger partial charge on any atom is -0.495 e. The molecule has 1 N–H and O–H groups in total. The Hall–Kier alpha value is -3.62. The molecule has 4 atom stereocenters. The van der Waals surface area contributed by atoms with Gasteiger partial charge in [0, 0.05) is 68.9 Å². The van der Waals surface area contributed by atoms with Crippen LogP contribution in [0.25, 0.3) is 10.9 Å². The Morgan fingerprint density at radius 3 is 2.51 bits per heavy atom. The highest BCUT2D eigenvalue weighted by molar-refractivity contribution is 6.08. The van der Waals surface area contributed by atoms with Crippen LogP contribution < -0.4 is 14.8 Å². The van der Waals surface area contributed by atoms with Crippen LogP contribution in [-0.2, 0) is 6.54 Å². The van der Waals surface area contributed by atoms with Gasteiger partial charge in [0.25, 0.3) is 5.91 Å². The molecule has 0 radical (unpaired) electrons. The molecule has 0 saturated carbocycles. The molecule has 3 heterocycles. The maximum atomic E-state index is 13.4. The fraction of sp³-hybridized carbons (Fsp3) is 0.457. The lowest BCUT2D eigenvalue weighted by Gasteiger charge is -2.41. The van der Waals surface area contributed by atoms with Gasteiger partial charge in [0.15, 0.2) is 0 Å². The molecule has 2 unspecified atom stereocenters. The molecule has 2 bridgehead atoms. The van der Waals surface area contributed by atoms with Crippen molar-refractivity contribution in [3.63, 3.8) is 0 Å². The summed E-state index contributed by atoms with van der Waals surface area (Å²) < 4.78 is 26.9. The van der Waals surface area contributed by atoms with Crippen molar-refractivity contribution in [3.05, 3.63) is 84.3 Å². The van der Waals surface area contributed by atoms with Crippen LogP contribution in [0.5, 0.6) is 11.5 Å². The van der Waals surface area contributed by atoms with E-state index in [1.807, 2.05) is 24.4 Å². The predicted molar refractivity (Wildman–Crippen MR) is 168 cm³/mol. The second-order valence-electron chi connectivity index (χ2n) is 12.1. The number of rotatable bonds is 12. The minimum absolute atomic E-state index is 0.0373. The third kappa shape index (κ3) is 6.65. The minimum atomic E-state index is -0.245. The number of nitrogens with zero attached hydrogens (tertiary/aromatic N) is 3. The first kappa shape index (κ1) is 29.5. The second-order valence-corrected chi connectivity index (χ2v) is 12.1. The highest BCUT2D eigenvalue weighted by Crippen LogP contribution is 2.32. The van der Waals surface area contributed by atoms with E-state index in [-0.39, 0.29) is 11.7 Å². The monoisotopic (exact) mass is 586 g/mol. The van der Waals surface area contributed by atoms with E-state index in [0.29, 0.717) is 48.4 Å². The van der Waals surface area contributed by atoms with Gasteiger partial charge in [-0.3, -0.25) is 14.6 Å². The molecule has 2 fully saturated rings. The summed E-state index contributed by atoms with van der Waals surface area (Å²) in [6.07, 6.45) is 14.0. The zero-order valence-corrected chi connectivity index (χ0v) is 25.3. The van der Waals surface area contributed by atoms with Crippen molar-refractivity contribution in [3.8, 4) is 11.5 Å². The Bertz CT molecular complexity index is 1450. The Balaban J connectivity index is 1.05. The number of carbonyl (C=O) groups excluding carboxylic acids is 1. The van der Waals surface area contributed by atoms with Gasteiger partial charge in [-0.15, -0.1) is 0 Å². The predicted octanol–water partition coefficient (Wildman–Crippen LogP) is 5.51. The summed E-state index contributed by atoms with van der Waals surface area (Å²) in [7, 11) is 1.69. The summed E-state index contributed by atoms with van der Waals surface area (Å²) in [6, 6.07) is 13.3. The van der Waals surface area contributed by atoms with Crippen molar-refractivity contribution in [1.82, 2.24) is 19.7 Å². The molecule has 8 heteroatoms. The molecule has 3 aromatic rings. The zero-order valence-electron chi connectivity index (χ0n) is 25.3. The number of fused-ring (bicyclic) bond motifs is 3. The first-order valence-electron chi connectivity index (χ1n) is 15.7. The molecule has 43 heavy (non-hydrogen) atoms. The van der Waals surface area contributed by atoms with Gasteiger partial charge in [-0.2, -0.15) is 0 Å². The number of nitrogens with one attached hydrogen (secondary N) is 1. The van der Waals surface area contributed by atoms with Crippen LogP contribution in [0.2, 0.25) is 0 Å². The van der Waals surface area contributed by atoms with Gasteiger partial charge in [0.1, 0.15) is 23.9 Å². The van der Waals surface area contributed by atoms with Gasteiger partial charge in [-0.25, -0.2) is 4.39 Å². The number of aromatic nitrogens is 1. The topological polar surface area (TPSA) is 59.0 Å². The summed E-state index contributed by atoms with van der Waals surface area (Å²) in [5.74, 6) is 1.93. The normalized spacial score (nSPS) is 23.6. The van der Waals surface area contributed by atoms with Crippen molar-refractivity contribution < 1.29 is 18.7 Å². The number of hydrogen-bond donors (Lipinski definition) is 1. The van der Waals surface area contributed by atoms with E-state index in [1.165, 1.54) is 25.0 Å². The molecule has 228 valence electrons. The molecule has 3 aliphatic rings. The number of aryl methyl sites for hydroxylation is 1. The fourth-order valence-corrected chi connectivity index (χ4v) is 7.04. The molecule has 1 aliphatic carbocycles. The van der Waals surface area contributed by atoms with E-state index in [9.17, 15) is 9.18 Å². The SMILES string of the molecule is COc1cccc2c(C(=O)NCC3C=CC=CC3C)cn(CCCN3[C@@H]4CC[C@H]3CN(CCOc3ccc(F)cc3)C4)c12. The van der Waals surface area contributed by atoms with E-state index >= 15 is 0 Å². The van der Waals surface area contributed by atoms with Crippen LogP contribution in [0.15, 0.2) is 73.0 Å². The van der Waals surface area contributed by atoms with E-state index in [1.54, 1.807) is 19.2 Å². The molecular weight excluding hydrogens is 543 g/mol. The Kier molecular flexibility index (Phi) is 9.14. The number of likely N-dealkylation sites (tertiary alicyclic amines) is 1. The van der Waals surface area contributed by atoms with Gasteiger partial charge >= 0.3 is 0 Å². The second kappa shape index (κ2) is 13.3. The quantitative estimate of drug-likeness (QED) is 0.303. The number of ether oxygens (including phenoxy) is 2. The summed E-state index contributed by atoms with van der Waals surface area (Å²) in [5.41, 5.74) is 1.69. The molecule has 6 rings (SSSR count). The average Bonchev–Trinajstić information content (AvgIpc) is 3.50. The van der Waals surface area contributed by atoms with Crippen LogP contribution in [0, 0.1) is 17.7 Å². The van der Waals surface area contributed by atoms with Gasteiger partial charge in [-0.1, -0.05) is 43.4 Å². The van der Waals surface area contributed by atoms with Crippen molar-refractivity contribution in [2.24, 2.45) is 11.8 Å². The molecule has 2 aliphatic heterocycles. The summed E-state index contributed by atoms with van der Waals surface area (Å²) in [6.45, 7) is 8.25. The standard InChI is InChI=1S/C35H43FN4O3/c1-25-7-3-4-8-26(25)21-37-35(41)32-24-39(34-31(32)9-5-10-33(34)42-2)17-6-18-40-28-13-14-29(40)23-38(22-28)19-20-43-30-15-11-27(36)12-16-30/h3-5,7-12,15-16,24-26,28-29H,6,13-14,17-23H2,1-2H3,(H,37,41)/t25?,26?,28-,29+. The lowest BCUT2D eigenvalue weighted by Crippen LogP contribution is -2.54. The summed E-state index contributed by atoms with van der Waals surface area (Å²) in [5, 5.41) is 4.12. The lowest BCUT2D eigenvalue weighted by atomic mass is 9.90. The molecule has 7 nitrogen and oxygen atoms in total. The molecule has 1 aromatic heterocycles. The summed E-state index contributed by atoms with van der Waals surface area (Å²) >= 11 is 0. The third-order valence-corrected chi connectivity index (χ3v) is 9.40.